The van der Waals surface area contributed by atoms with E-state index < -0.39 is 5.97 Å². The molecule has 0 radical (unpaired) electrons. The largest absolute Gasteiger partial charge is 0.461 e. The Kier molecular flexibility index (Phi) is 16.2. The van der Waals surface area contributed by atoms with Crippen LogP contribution in [0.4, 0.5) is 0 Å². The van der Waals surface area contributed by atoms with E-state index in [0.29, 0.717) is 49.8 Å². The summed E-state index contributed by atoms with van der Waals surface area (Å²) >= 11 is 0. The number of ketones is 1. The van der Waals surface area contributed by atoms with Crippen molar-refractivity contribution >= 4 is 35.6 Å². The molecule has 0 saturated carbocycles. The predicted molar refractivity (Wildman–Crippen MR) is 225 cm³/mol. The van der Waals surface area contributed by atoms with Gasteiger partial charge >= 0.3 is 23.9 Å². The van der Waals surface area contributed by atoms with Crippen LogP contribution >= 0.6 is 0 Å². The zero-order valence-corrected chi connectivity index (χ0v) is 36.4. The average molecular weight is 850 g/mol. The Labute approximate surface area is 360 Å². The molecule has 4 fully saturated rings. The number of allylic oxidation sites excluding steroid dienone is 2. The topological polar surface area (TPSA) is 176 Å². The Hall–Kier alpha value is -4.10. The molecule has 6 aliphatic rings. The van der Waals surface area contributed by atoms with Gasteiger partial charge in [0.2, 0.25) is 5.91 Å². The fourth-order valence-electron chi connectivity index (χ4n) is 9.40. The molecule has 8 atom stereocenters. The minimum absolute atomic E-state index is 0.0193. The molecule has 0 bridgehead atoms. The van der Waals surface area contributed by atoms with Crippen molar-refractivity contribution < 1.29 is 57.2 Å². The van der Waals surface area contributed by atoms with E-state index >= 15 is 0 Å². The fourth-order valence-corrected chi connectivity index (χ4v) is 9.40. The van der Waals surface area contributed by atoms with E-state index in [2.05, 4.69) is 30.6 Å². The first kappa shape index (κ1) is 46.4. The zero-order valence-electron chi connectivity index (χ0n) is 36.4. The molecule has 4 saturated heterocycles. The summed E-state index contributed by atoms with van der Waals surface area (Å²) in [5.41, 5.74) is 2.32. The molecule has 61 heavy (non-hydrogen) atoms. The summed E-state index contributed by atoms with van der Waals surface area (Å²) in [6, 6.07) is 0. The molecule has 2 aliphatic carbocycles. The van der Waals surface area contributed by atoms with Crippen molar-refractivity contribution in [3.05, 3.63) is 47.6 Å². The standard InChI is InChI=1S/C48H67NO12/c1-31-36-21-18-33(15-13-26-47(3)43(60-47)41(36)58-45(31)54)29-56-39(52)24-20-35(50)17-11-9-7-5-6-8-10-12-28-49-38(51)23-25-40(53)57-30-34-16-14-27-48(4)44(61-48)42-37(22-19-34)32(2)46(55)59-42/h15-16,36-37,41-44H,1-2,5-14,17-30H2,3-4H3,(H,49,51)/b33-15+,34-16+/t36-,37-,41-,42-,43-,44-,47+,48+/m0/s1. The minimum atomic E-state index is -0.410. The molecule has 0 unspecified atom stereocenters. The summed E-state index contributed by atoms with van der Waals surface area (Å²) in [4.78, 5) is 74.1. The first-order valence-electron chi connectivity index (χ1n) is 22.9. The van der Waals surface area contributed by atoms with Gasteiger partial charge in [-0.15, -0.1) is 0 Å². The molecule has 13 nitrogen and oxygen atoms in total. The second-order valence-corrected chi connectivity index (χ2v) is 18.4. The Morgan fingerprint density at radius 2 is 1.11 bits per heavy atom. The number of hydrogen-bond donors (Lipinski definition) is 1. The summed E-state index contributed by atoms with van der Waals surface area (Å²) in [5.74, 6) is -1.80. The summed E-state index contributed by atoms with van der Waals surface area (Å²) in [7, 11) is 0. The number of ether oxygens (including phenoxy) is 6. The van der Waals surface area contributed by atoms with E-state index in [1.54, 1.807) is 0 Å². The lowest BCUT2D eigenvalue weighted by atomic mass is 9.84. The van der Waals surface area contributed by atoms with Gasteiger partial charge in [-0.3, -0.25) is 19.2 Å². The predicted octanol–water partition coefficient (Wildman–Crippen LogP) is 7.34. The SMILES string of the molecule is C=C1C(=O)O[C@H]2[C@H]1CC/C(COC(=O)CCC(=O)CCCCCCCCCCNC(=O)CCC(=O)OC/C1=C/CC[C@@]3(C)O[C@H]3[C@H]3OC(=O)C(=C)[C@@H]3CC1)=C\CC[C@@]1(C)O[C@@H]21. The van der Waals surface area contributed by atoms with E-state index in [0.717, 1.165) is 88.2 Å². The molecule has 4 heterocycles. The number of Topliss-reactive ketones (excluding diaryl/α,β-unsaturated/α-hetero) is 1. The van der Waals surface area contributed by atoms with Gasteiger partial charge in [-0.1, -0.05) is 63.8 Å². The highest BCUT2D eigenvalue weighted by Gasteiger charge is 2.62. The molecule has 6 rings (SSSR count). The van der Waals surface area contributed by atoms with Gasteiger partial charge in [0.05, 0.1) is 24.0 Å². The maximum atomic E-state index is 12.5. The first-order valence-corrected chi connectivity index (χ1v) is 22.9. The van der Waals surface area contributed by atoms with Gasteiger partial charge in [0.25, 0.3) is 0 Å². The normalized spacial score (nSPS) is 32.2. The highest BCUT2D eigenvalue weighted by atomic mass is 16.7. The van der Waals surface area contributed by atoms with Gasteiger partial charge in [0.15, 0.2) is 0 Å². The van der Waals surface area contributed by atoms with Crippen LogP contribution in [-0.2, 0) is 57.2 Å². The van der Waals surface area contributed by atoms with Crippen LogP contribution in [0.25, 0.3) is 0 Å². The van der Waals surface area contributed by atoms with Crippen molar-refractivity contribution in [1.82, 2.24) is 5.32 Å². The number of carbonyl (C=O) groups excluding carboxylic acids is 6. The third kappa shape index (κ3) is 13.0. The third-order valence-corrected chi connectivity index (χ3v) is 13.6. The second kappa shape index (κ2) is 21.3. The Balaban J connectivity index is 0.725. The van der Waals surface area contributed by atoms with Gasteiger partial charge in [0.1, 0.15) is 43.4 Å². The van der Waals surface area contributed by atoms with Crippen LogP contribution in [0.15, 0.2) is 47.6 Å². The second-order valence-electron chi connectivity index (χ2n) is 18.4. The maximum absolute atomic E-state index is 12.5. The number of fused-ring (bicyclic) bond motifs is 6. The zero-order chi connectivity index (χ0) is 43.6. The molecule has 1 amide bonds. The van der Waals surface area contributed by atoms with E-state index in [4.69, 9.17) is 28.4 Å². The lowest BCUT2D eigenvalue weighted by Gasteiger charge is -2.20. The quantitative estimate of drug-likeness (QED) is 0.0304. The van der Waals surface area contributed by atoms with E-state index in [9.17, 15) is 28.8 Å². The number of rotatable bonds is 21. The van der Waals surface area contributed by atoms with Gasteiger partial charge in [-0.2, -0.15) is 0 Å². The van der Waals surface area contributed by atoms with Crippen molar-refractivity contribution in [2.75, 3.05) is 19.8 Å². The Morgan fingerprint density at radius 1 is 0.656 bits per heavy atom. The number of esters is 4. The van der Waals surface area contributed by atoms with Gasteiger partial charge in [-0.25, -0.2) is 9.59 Å². The van der Waals surface area contributed by atoms with Crippen molar-refractivity contribution in [2.24, 2.45) is 11.8 Å². The van der Waals surface area contributed by atoms with Crippen molar-refractivity contribution in [3.8, 4) is 0 Å². The maximum Gasteiger partial charge on any atom is 0.334 e. The molecular weight excluding hydrogens is 783 g/mol. The fraction of sp³-hybridized carbons (Fsp3) is 0.708. The summed E-state index contributed by atoms with van der Waals surface area (Å²) in [5, 5.41) is 2.90. The molecule has 4 aliphatic heterocycles. The highest BCUT2D eigenvalue weighted by molar-refractivity contribution is 5.91. The molecule has 1 N–H and O–H groups in total. The van der Waals surface area contributed by atoms with Crippen molar-refractivity contribution in [3.63, 3.8) is 0 Å². The van der Waals surface area contributed by atoms with E-state index in [1.165, 1.54) is 0 Å². The monoisotopic (exact) mass is 849 g/mol. The Morgan fingerprint density at radius 3 is 1.62 bits per heavy atom. The van der Waals surface area contributed by atoms with Crippen LogP contribution in [-0.4, -0.2) is 90.9 Å². The minimum Gasteiger partial charge on any atom is -0.461 e. The summed E-state index contributed by atoms with van der Waals surface area (Å²) < 4.78 is 34.2. The molecule has 0 aromatic carbocycles. The van der Waals surface area contributed by atoms with Crippen molar-refractivity contribution in [1.29, 1.82) is 0 Å². The van der Waals surface area contributed by atoms with Gasteiger partial charge in [-0.05, 0) is 89.2 Å². The van der Waals surface area contributed by atoms with Gasteiger partial charge < -0.3 is 33.7 Å². The smallest absolute Gasteiger partial charge is 0.334 e. The van der Waals surface area contributed by atoms with Gasteiger partial charge in [0, 0.05) is 48.8 Å². The molecule has 0 aromatic rings. The van der Waals surface area contributed by atoms with Crippen LogP contribution in [0.2, 0.25) is 0 Å². The number of unbranched alkanes of at least 4 members (excludes halogenated alkanes) is 7. The number of hydrogen-bond acceptors (Lipinski definition) is 12. The van der Waals surface area contributed by atoms with E-state index in [1.807, 2.05) is 13.8 Å². The Bertz CT molecular complexity index is 1620. The summed E-state index contributed by atoms with van der Waals surface area (Å²) in [6.45, 7) is 12.9. The molecule has 0 aromatic heterocycles. The summed E-state index contributed by atoms with van der Waals surface area (Å²) in [6.07, 6.45) is 18.0. The van der Waals surface area contributed by atoms with Crippen LogP contribution in [0.1, 0.15) is 149 Å². The number of amides is 1. The number of nitrogens with one attached hydrogen (secondary N) is 1. The number of carbonyl (C=O) groups is 6. The highest BCUT2D eigenvalue weighted by Crippen LogP contribution is 2.51. The molecule has 13 heteroatoms. The molecule has 0 spiro atoms. The number of epoxide rings is 2. The van der Waals surface area contributed by atoms with Crippen molar-refractivity contribution in [2.45, 2.75) is 184 Å². The molecule has 336 valence electrons. The molecular formula is C48H67NO12. The van der Waals surface area contributed by atoms with Crippen LogP contribution in [0.5, 0.6) is 0 Å². The average Bonchev–Trinajstić information content (AvgIpc) is 4.05. The third-order valence-electron chi connectivity index (χ3n) is 13.6. The lowest BCUT2D eigenvalue weighted by Crippen LogP contribution is -2.29. The first-order chi connectivity index (χ1) is 29.3. The lowest BCUT2D eigenvalue weighted by molar-refractivity contribution is -0.144. The van der Waals surface area contributed by atoms with E-state index in [-0.39, 0.29) is 116 Å². The van der Waals surface area contributed by atoms with Crippen LogP contribution < -0.4 is 5.32 Å². The van der Waals surface area contributed by atoms with Crippen LogP contribution in [0, 0.1) is 11.8 Å². The van der Waals surface area contributed by atoms with Crippen LogP contribution in [0.3, 0.4) is 0 Å².